The molecule has 129 heavy (non-hydrogen) atoms. The van der Waals surface area contributed by atoms with E-state index in [-0.39, 0.29) is 5.41 Å². The number of para-hydroxylation sites is 8. The van der Waals surface area contributed by atoms with E-state index in [1.54, 1.807) is 0 Å². The van der Waals surface area contributed by atoms with Gasteiger partial charge in [0.2, 0.25) is 0 Å². The van der Waals surface area contributed by atoms with Crippen LogP contribution in [-0.4, -0.2) is 32.4 Å². The molecule has 0 N–H and O–H groups in total. The molecular formula is C123H98N6. The number of rotatable bonds is 14. The highest BCUT2D eigenvalue weighted by molar-refractivity contribution is 6.13. The van der Waals surface area contributed by atoms with E-state index in [0.29, 0.717) is 11.8 Å². The fraction of sp³-hybridized carbons (Fsp3) is 0.0732. The van der Waals surface area contributed by atoms with E-state index < -0.39 is 0 Å². The Morgan fingerprint density at radius 2 is 0.450 bits per heavy atom. The van der Waals surface area contributed by atoms with Gasteiger partial charge in [0.1, 0.15) is 0 Å². The third-order valence-electron chi connectivity index (χ3n) is 26.7. The first-order valence-corrected chi connectivity index (χ1v) is 44.9. The minimum atomic E-state index is 0.00314. The Morgan fingerprint density at radius 3 is 0.837 bits per heavy atom. The fourth-order valence-electron chi connectivity index (χ4n) is 19.7. The van der Waals surface area contributed by atoms with Crippen molar-refractivity contribution in [3.05, 3.63) is 507 Å². The van der Waals surface area contributed by atoms with Gasteiger partial charge in [0, 0.05) is 120 Å². The van der Waals surface area contributed by atoms with E-state index in [2.05, 4.69) is 543 Å². The van der Waals surface area contributed by atoms with Gasteiger partial charge in [-0.05, 0) is 212 Å². The van der Waals surface area contributed by atoms with Crippen LogP contribution in [0, 0.1) is 0 Å². The Morgan fingerprint density at radius 1 is 0.194 bits per heavy atom. The van der Waals surface area contributed by atoms with Gasteiger partial charge in [0.05, 0.1) is 44.1 Å². The number of nitrogens with zero attached hydrogens (tertiary/aromatic N) is 6. The average molecular weight is 1660 g/mol. The van der Waals surface area contributed by atoms with E-state index in [1.807, 2.05) is 0 Å². The van der Waals surface area contributed by atoms with Crippen LogP contribution in [0.15, 0.2) is 473 Å². The molecule has 6 nitrogen and oxygen atoms in total. The average Bonchev–Trinajstić information content (AvgIpc) is 1.64. The lowest BCUT2D eigenvalue weighted by atomic mass is 9.82. The number of anilines is 4. The third-order valence-corrected chi connectivity index (χ3v) is 26.7. The summed E-state index contributed by atoms with van der Waals surface area (Å²) in [7, 11) is 4.28. The topological polar surface area (TPSA) is 26.2 Å². The number of hydrogen-bond acceptors (Lipinski definition) is 2. The first kappa shape index (κ1) is 80.1. The van der Waals surface area contributed by atoms with Crippen LogP contribution in [0.1, 0.15) is 72.9 Å². The van der Waals surface area contributed by atoms with E-state index in [9.17, 15) is 0 Å². The quantitative estimate of drug-likeness (QED) is 0.108. The zero-order chi connectivity index (χ0) is 87.1. The summed E-state index contributed by atoms with van der Waals surface area (Å²) < 4.78 is 9.48. The largest absolute Gasteiger partial charge is 0.345 e. The summed E-state index contributed by atoms with van der Waals surface area (Å²) in [4.78, 5) is 4.51. The molecule has 620 valence electrons. The van der Waals surface area contributed by atoms with Crippen molar-refractivity contribution in [2.45, 2.75) is 44.9 Å². The first-order chi connectivity index (χ1) is 63.4. The van der Waals surface area contributed by atoms with Gasteiger partial charge in [0.25, 0.3) is 0 Å². The second kappa shape index (κ2) is 34.5. The van der Waals surface area contributed by atoms with Crippen LogP contribution in [0.3, 0.4) is 0 Å². The first-order valence-electron chi connectivity index (χ1n) is 44.9. The maximum absolute atomic E-state index is 2.39. The minimum absolute atomic E-state index is 0.00314. The monoisotopic (exact) mass is 1660 g/mol. The van der Waals surface area contributed by atoms with Crippen molar-refractivity contribution in [2.75, 3.05) is 23.9 Å². The van der Waals surface area contributed by atoms with Gasteiger partial charge in [-0.15, -0.1) is 0 Å². The molecule has 0 bridgehead atoms. The summed E-state index contributed by atoms with van der Waals surface area (Å²) in [6.07, 6.45) is 0. The summed E-state index contributed by atoms with van der Waals surface area (Å²) in [5.41, 5.74) is 35.3. The Balaban J connectivity index is 0.000000105. The second-order valence-corrected chi connectivity index (χ2v) is 34.5. The van der Waals surface area contributed by atoms with Gasteiger partial charge < -0.3 is 28.1 Å². The van der Waals surface area contributed by atoms with Crippen LogP contribution >= 0.6 is 0 Å². The lowest BCUT2D eigenvalue weighted by Gasteiger charge is -2.25. The van der Waals surface area contributed by atoms with Crippen LogP contribution < -0.4 is 9.80 Å². The third kappa shape index (κ3) is 15.1. The molecule has 1 aliphatic rings. The lowest BCUT2D eigenvalue weighted by molar-refractivity contribution is 0.660. The van der Waals surface area contributed by atoms with Crippen molar-refractivity contribution >= 4 is 110 Å². The Labute approximate surface area is 754 Å². The van der Waals surface area contributed by atoms with Crippen molar-refractivity contribution in [3.8, 4) is 56.1 Å². The van der Waals surface area contributed by atoms with E-state index in [1.165, 1.54) is 194 Å². The maximum atomic E-state index is 2.39. The van der Waals surface area contributed by atoms with Crippen molar-refractivity contribution in [1.29, 1.82) is 0 Å². The standard InChI is InChI=1S/C34H28N2.C32H25N.C31H24N2.C26H21N/c1-34(2)30-13-7-4-10-26(30)27-21-20-25(22-31(27)34)35(3)23-16-18-24(19-17-23)36-32-14-8-5-11-28(32)29-12-6-9-15-33(29)36;1-23(24-16-18-26(19-17-24)25-10-4-2-5-11-25)27-20-21-30-29-14-8-9-15-31(29)33(32(30)22-27)28-12-6-3-7-13-28;1-32(25-17-15-24(16-18-25)23-9-3-2-4-10-23)26-19-21-27(22-20-26)33-30-13-7-5-11-28(30)29-12-6-8-14-31(29)33;1-19(20-10-4-2-5-11-20)21-16-17-24-23-14-8-9-15-25(23)27(26(24)18-21)22-12-6-3-7-13-22/h4-22H,1-3H3;2-23H,1H3;2-22H,1H3;2-19H,1H3/t;23-;;19-/m.1.1/s1. The lowest BCUT2D eigenvalue weighted by Crippen LogP contribution is -2.16. The molecule has 19 aromatic carbocycles. The van der Waals surface area contributed by atoms with Gasteiger partial charge in [-0.3, -0.25) is 0 Å². The maximum Gasteiger partial charge on any atom is 0.0544 e. The highest BCUT2D eigenvalue weighted by Crippen LogP contribution is 2.51. The molecular weight excluding hydrogens is 1560 g/mol. The van der Waals surface area contributed by atoms with Crippen molar-refractivity contribution in [3.63, 3.8) is 0 Å². The predicted molar refractivity (Wildman–Crippen MR) is 548 cm³/mol. The summed E-state index contributed by atoms with van der Waals surface area (Å²) in [5, 5.41) is 10.3. The van der Waals surface area contributed by atoms with Crippen LogP contribution in [0.2, 0.25) is 0 Å². The van der Waals surface area contributed by atoms with E-state index >= 15 is 0 Å². The second-order valence-electron chi connectivity index (χ2n) is 34.5. The van der Waals surface area contributed by atoms with Crippen molar-refractivity contribution < 1.29 is 0 Å². The smallest absolute Gasteiger partial charge is 0.0544 e. The van der Waals surface area contributed by atoms with Crippen LogP contribution in [0.4, 0.5) is 22.7 Å². The summed E-state index contributed by atoms with van der Waals surface area (Å²) >= 11 is 0. The molecule has 4 aromatic heterocycles. The molecule has 0 fully saturated rings. The summed E-state index contributed by atoms with van der Waals surface area (Å²) in [6.45, 7) is 9.25. The summed E-state index contributed by atoms with van der Waals surface area (Å²) in [5.74, 6) is 0.666. The Hall–Kier alpha value is -16.0. The van der Waals surface area contributed by atoms with Gasteiger partial charge >= 0.3 is 0 Å². The molecule has 0 unspecified atom stereocenters. The Kier molecular flexibility index (Phi) is 21.4. The molecule has 0 radical (unpaired) electrons. The van der Waals surface area contributed by atoms with Gasteiger partial charge in [-0.2, -0.15) is 0 Å². The van der Waals surface area contributed by atoms with Gasteiger partial charge in [0.15, 0.2) is 0 Å². The fourth-order valence-corrected chi connectivity index (χ4v) is 19.7. The summed E-state index contributed by atoms with van der Waals surface area (Å²) in [6, 6.07) is 170. The molecule has 4 heterocycles. The van der Waals surface area contributed by atoms with Gasteiger partial charge in [-0.25, -0.2) is 0 Å². The zero-order valence-corrected chi connectivity index (χ0v) is 73.4. The van der Waals surface area contributed by atoms with E-state index in [4.69, 9.17) is 0 Å². The molecule has 0 amide bonds. The van der Waals surface area contributed by atoms with Crippen molar-refractivity contribution in [1.82, 2.24) is 18.3 Å². The number of aromatic nitrogens is 4. The number of fused-ring (bicyclic) bond motifs is 15. The van der Waals surface area contributed by atoms with Gasteiger partial charge in [-0.1, -0.05) is 355 Å². The molecule has 1 aliphatic carbocycles. The highest BCUT2D eigenvalue weighted by atomic mass is 15.1. The molecule has 0 saturated carbocycles. The zero-order valence-electron chi connectivity index (χ0n) is 73.4. The SMILES string of the molecule is CN(c1ccc(-c2ccccc2)cc1)c1ccc(-n2c3ccccc3c3ccccc32)cc1.CN(c1ccc(-n2c3ccccc3c3ccccc32)cc1)c1ccc2c(c1)C(C)(C)c1ccccc1-2.C[C@H](c1ccc(-c2ccccc2)cc1)c1ccc2c3ccccc3n(-c3ccccc3)c2c1.C[C@H](c1ccccc1)c1ccc2c3ccccc3n(-c3ccccc3)c2c1. The molecule has 2 atom stereocenters. The highest BCUT2D eigenvalue weighted by Gasteiger charge is 2.36. The van der Waals surface area contributed by atoms with Crippen LogP contribution in [0.5, 0.6) is 0 Å². The molecule has 6 heteroatoms. The normalized spacial score (nSPS) is 12.4. The number of benzene rings is 19. The van der Waals surface area contributed by atoms with Crippen molar-refractivity contribution in [2.24, 2.45) is 0 Å². The molecule has 24 rings (SSSR count). The molecule has 0 saturated heterocycles. The molecule has 23 aromatic rings. The van der Waals surface area contributed by atoms with E-state index in [0.717, 1.165) is 5.69 Å². The minimum Gasteiger partial charge on any atom is -0.345 e. The van der Waals surface area contributed by atoms with Crippen LogP contribution in [-0.2, 0) is 5.41 Å². The predicted octanol–water partition coefficient (Wildman–Crippen LogP) is 32.6. The Bertz CT molecular complexity index is 7860. The molecule has 0 spiro atoms. The molecule has 0 aliphatic heterocycles. The number of hydrogen-bond donors (Lipinski definition) is 0. The van der Waals surface area contributed by atoms with Crippen LogP contribution in [0.25, 0.3) is 143 Å².